The number of hydrogen-bond donors (Lipinski definition) is 1. The fourth-order valence-electron chi connectivity index (χ4n) is 2.56. The average molecular weight is 332 g/mol. The number of nitrogens with two attached hydrogens (primary N) is 1. The van der Waals surface area contributed by atoms with Crippen LogP contribution in [-0.2, 0) is 6.54 Å². The maximum Gasteiger partial charge on any atom is 0.0462 e. The third-order valence-electron chi connectivity index (χ3n) is 3.69. The summed E-state index contributed by atoms with van der Waals surface area (Å²) in [7, 11) is 0. The highest BCUT2D eigenvalue weighted by Crippen LogP contribution is 2.25. The Labute approximate surface area is 123 Å². The summed E-state index contributed by atoms with van der Waals surface area (Å²) in [5, 5.41) is 0.855. The lowest BCUT2D eigenvalue weighted by Crippen LogP contribution is -2.33. The molecule has 1 aliphatic rings. The molecule has 2 nitrogen and oxygen atoms in total. The van der Waals surface area contributed by atoms with Crippen LogP contribution in [-0.4, -0.2) is 24.5 Å². The molecule has 1 aromatic carbocycles. The summed E-state index contributed by atoms with van der Waals surface area (Å²) in [5.74, 6) is 0.826. The lowest BCUT2D eigenvalue weighted by atomic mass is 9.93. The minimum Gasteiger partial charge on any atom is -0.330 e. The quantitative estimate of drug-likeness (QED) is 0.912. The normalized spacial score (nSPS) is 18.2. The van der Waals surface area contributed by atoms with Crippen molar-refractivity contribution >= 4 is 27.5 Å². The summed E-state index contributed by atoms with van der Waals surface area (Å²) in [4.78, 5) is 2.49. The lowest BCUT2D eigenvalue weighted by molar-refractivity contribution is 0.173. The van der Waals surface area contributed by atoms with E-state index in [9.17, 15) is 0 Å². The molecule has 1 fully saturated rings. The van der Waals surface area contributed by atoms with Gasteiger partial charge >= 0.3 is 0 Å². The van der Waals surface area contributed by atoms with Crippen molar-refractivity contribution in [3.05, 3.63) is 33.3 Å². The van der Waals surface area contributed by atoms with Crippen LogP contribution in [0.5, 0.6) is 0 Å². The van der Waals surface area contributed by atoms with Crippen molar-refractivity contribution in [2.45, 2.75) is 25.8 Å². The van der Waals surface area contributed by atoms with Crippen LogP contribution >= 0.6 is 27.5 Å². The molecule has 1 heterocycles. The molecule has 0 aliphatic carbocycles. The highest BCUT2D eigenvalue weighted by molar-refractivity contribution is 9.10. The van der Waals surface area contributed by atoms with Gasteiger partial charge in [0, 0.05) is 16.0 Å². The fraction of sp³-hybridized carbons (Fsp3) is 0.571. The van der Waals surface area contributed by atoms with Gasteiger partial charge in [-0.25, -0.2) is 0 Å². The van der Waals surface area contributed by atoms with Gasteiger partial charge in [-0.3, -0.25) is 4.90 Å². The van der Waals surface area contributed by atoms with Crippen LogP contribution in [0, 0.1) is 5.92 Å². The Hall–Kier alpha value is -0.0900. The van der Waals surface area contributed by atoms with Gasteiger partial charge in [0.1, 0.15) is 0 Å². The zero-order chi connectivity index (χ0) is 13.0. The van der Waals surface area contributed by atoms with Crippen LogP contribution < -0.4 is 5.73 Å². The molecule has 0 radical (unpaired) electrons. The van der Waals surface area contributed by atoms with E-state index in [0.29, 0.717) is 0 Å². The molecule has 2 rings (SSSR count). The number of benzene rings is 1. The summed E-state index contributed by atoms with van der Waals surface area (Å²) >= 11 is 9.69. The number of piperidine rings is 1. The summed E-state index contributed by atoms with van der Waals surface area (Å²) in [6, 6.07) is 6.14. The number of nitrogens with zero attached hydrogens (tertiary/aromatic N) is 1. The molecular weight excluding hydrogens is 312 g/mol. The first-order valence-electron chi connectivity index (χ1n) is 6.55. The number of likely N-dealkylation sites (tertiary alicyclic amines) is 1. The van der Waals surface area contributed by atoms with E-state index in [0.717, 1.165) is 41.6 Å². The zero-order valence-corrected chi connectivity index (χ0v) is 12.9. The molecule has 0 bridgehead atoms. The second-order valence-corrected chi connectivity index (χ2v) is 6.36. The van der Waals surface area contributed by atoms with Crippen molar-refractivity contribution in [1.82, 2.24) is 4.90 Å². The molecule has 0 amide bonds. The molecule has 100 valence electrons. The standard InChI is InChI=1S/C14H20BrClN2/c15-13-2-1-12(14(16)9-13)10-18-7-4-11(3-6-17)5-8-18/h1-2,9,11H,3-8,10,17H2. The molecule has 18 heavy (non-hydrogen) atoms. The van der Waals surface area contributed by atoms with Crippen LogP contribution in [0.4, 0.5) is 0 Å². The molecule has 1 aromatic rings. The largest absolute Gasteiger partial charge is 0.330 e. The molecule has 0 saturated carbocycles. The summed E-state index contributed by atoms with van der Waals surface area (Å²) in [6.07, 6.45) is 3.71. The second kappa shape index (κ2) is 6.90. The van der Waals surface area contributed by atoms with Gasteiger partial charge in [0.05, 0.1) is 0 Å². The monoisotopic (exact) mass is 330 g/mol. The molecule has 4 heteroatoms. The van der Waals surface area contributed by atoms with Gasteiger partial charge in [-0.15, -0.1) is 0 Å². The van der Waals surface area contributed by atoms with E-state index in [1.807, 2.05) is 6.07 Å². The van der Waals surface area contributed by atoms with E-state index in [1.165, 1.54) is 24.8 Å². The van der Waals surface area contributed by atoms with E-state index in [2.05, 4.69) is 33.0 Å². The fourth-order valence-corrected chi connectivity index (χ4v) is 3.29. The Morgan fingerprint density at radius 1 is 1.33 bits per heavy atom. The molecule has 1 aliphatic heterocycles. The predicted molar refractivity (Wildman–Crippen MR) is 80.8 cm³/mol. The maximum absolute atomic E-state index is 6.25. The SMILES string of the molecule is NCCC1CCN(Cc2ccc(Br)cc2Cl)CC1. The molecule has 1 saturated heterocycles. The lowest BCUT2D eigenvalue weighted by Gasteiger charge is -2.32. The Balaban J connectivity index is 1.87. The number of hydrogen-bond acceptors (Lipinski definition) is 2. The Morgan fingerprint density at radius 3 is 2.67 bits per heavy atom. The van der Waals surface area contributed by atoms with E-state index in [-0.39, 0.29) is 0 Å². The van der Waals surface area contributed by atoms with Gasteiger partial charge in [0.15, 0.2) is 0 Å². The highest BCUT2D eigenvalue weighted by atomic mass is 79.9. The van der Waals surface area contributed by atoms with E-state index >= 15 is 0 Å². The molecule has 0 unspecified atom stereocenters. The van der Waals surface area contributed by atoms with Gasteiger partial charge in [-0.05, 0) is 62.5 Å². The molecule has 2 N–H and O–H groups in total. The smallest absolute Gasteiger partial charge is 0.0462 e. The van der Waals surface area contributed by atoms with Crippen molar-refractivity contribution in [3.8, 4) is 0 Å². The van der Waals surface area contributed by atoms with Gasteiger partial charge in [0.25, 0.3) is 0 Å². The van der Waals surface area contributed by atoms with Crippen molar-refractivity contribution in [2.24, 2.45) is 11.7 Å². The summed E-state index contributed by atoms with van der Waals surface area (Å²) in [6.45, 7) is 4.11. The van der Waals surface area contributed by atoms with Gasteiger partial charge in [0.2, 0.25) is 0 Å². The second-order valence-electron chi connectivity index (χ2n) is 5.03. The zero-order valence-electron chi connectivity index (χ0n) is 10.5. The molecule has 0 atom stereocenters. The Bertz CT molecular complexity index is 389. The third-order valence-corrected chi connectivity index (χ3v) is 4.54. The van der Waals surface area contributed by atoms with E-state index < -0.39 is 0 Å². The molecular formula is C14H20BrClN2. The number of rotatable bonds is 4. The van der Waals surface area contributed by atoms with Crippen molar-refractivity contribution in [1.29, 1.82) is 0 Å². The van der Waals surface area contributed by atoms with E-state index in [4.69, 9.17) is 17.3 Å². The highest BCUT2D eigenvalue weighted by Gasteiger charge is 2.19. The van der Waals surface area contributed by atoms with Gasteiger partial charge in [-0.2, -0.15) is 0 Å². The average Bonchev–Trinajstić information content (AvgIpc) is 2.35. The minimum absolute atomic E-state index is 0.823. The topological polar surface area (TPSA) is 29.3 Å². The summed E-state index contributed by atoms with van der Waals surface area (Å²) < 4.78 is 1.04. The van der Waals surface area contributed by atoms with Crippen LogP contribution in [0.2, 0.25) is 5.02 Å². The van der Waals surface area contributed by atoms with Crippen LogP contribution in [0.25, 0.3) is 0 Å². The third kappa shape index (κ3) is 3.95. The van der Waals surface area contributed by atoms with Crippen molar-refractivity contribution in [3.63, 3.8) is 0 Å². The Kier molecular flexibility index (Phi) is 5.49. The maximum atomic E-state index is 6.25. The first-order valence-corrected chi connectivity index (χ1v) is 7.72. The van der Waals surface area contributed by atoms with Crippen molar-refractivity contribution in [2.75, 3.05) is 19.6 Å². The molecule has 0 aromatic heterocycles. The summed E-state index contributed by atoms with van der Waals surface area (Å²) in [5.41, 5.74) is 6.84. The Morgan fingerprint density at radius 2 is 2.06 bits per heavy atom. The minimum atomic E-state index is 0.823. The van der Waals surface area contributed by atoms with Crippen LogP contribution in [0.15, 0.2) is 22.7 Å². The van der Waals surface area contributed by atoms with E-state index in [1.54, 1.807) is 0 Å². The predicted octanol–water partition coefficient (Wildman–Crippen LogP) is 3.66. The van der Waals surface area contributed by atoms with Gasteiger partial charge in [-0.1, -0.05) is 33.6 Å². The van der Waals surface area contributed by atoms with Crippen LogP contribution in [0.3, 0.4) is 0 Å². The number of halogens is 2. The van der Waals surface area contributed by atoms with Gasteiger partial charge < -0.3 is 5.73 Å². The van der Waals surface area contributed by atoms with Crippen molar-refractivity contribution < 1.29 is 0 Å². The molecule has 0 spiro atoms. The van der Waals surface area contributed by atoms with Crippen LogP contribution in [0.1, 0.15) is 24.8 Å². The first-order chi connectivity index (χ1) is 8.69. The first kappa shape index (κ1) is 14.3.